The Morgan fingerprint density at radius 2 is 1.96 bits per heavy atom. The average molecular weight is 422 g/mol. The van der Waals surface area contributed by atoms with Gasteiger partial charge in [0.05, 0.1) is 23.2 Å². The number of aromatic nitrogens is 1. The zero-order valence-corrected chi connectivity index (χ0v) is 17.2. The van der Waals surface area contributed by atoms with Crippen molar-refractivity contribution in [1.82, 2.24) is 14.8 Å². The van der Waals surface area contributed by atoms with Crippen LogP contribution in [0.1, 0.15) is 17.1 Å². The standard InChI is InChI=1S/C14H24N4O2S.3ClH/c1-11-16-12(10-21-11)9-17-3-5-18(6-4-17)14(19)7-13(8-15)20-2;;;/h10,13H,3-9,15H2,1-2H3;3*1H. The van der Waals surface area contributed by atoms with Crippen molar-refractivity contribution in [3.63, 3.8) is 0 Å². The van der Waals surface area contributed by atoms with Gasteiger partial charge in [-0.25, -0.2) is 4.98 Å². The zero-order valence-electron chi connectivity index (χ0n) is 14.0. The van der Waals surface area contributed by atoms with Gasteiger partial charge in [0, 0.05) is 51.8 Å². The number of methoxy groups -OCH3 is 1. The Hall–Kier alpha value is -0.150. The van der Waals surface area contributed by atoms with E-state index in [9.17, 15) is 4.79 Å². The minimum atomic E-state index is -0.173. The number of halogens is 3. The number of hydrogen-bond donors (Lipinski definition) is 1. The van der Waals surface area contributed by atoms with Gasteiger partial charge < -0.3 is 15.4 Å². The lowest BCUT2D eigenvalue weighted by atomic mass is 10.2. The average Bonchev–Trinajstić information content (AvgIpc) is 2.90. The van der Waals surface area contributed by atoms with Crippen molar-refractivity contribution in [2.24, 2.45) is 5.73 Å². The van der Waals surface area contributed by atoms with Crippen LogP contribution in [0.25, 0.3) is 0 Å². The topological polar surface area (TPSA) is 71.7 Å². The van der Waals surface area contributed by atoms with E-state index in [-0.39, 0.29) is 49.2 Å². The molecule has 0 spiro atoms. The molecule has 0 saturated carbocycles. The van der Waals surface area contributed by atoms with Gasteiger partial charge in [0.25, 0.3) is 0 Å². The van der Waals surface area contributed by atoms with E-state index in [4.69, 9.17) is 10.5 Å². The summed E-state index contributed by atoms with van der Waals surface area (Å²) in [6.07, 6.45) is 0.201. The summed E-state index contributed by atoms with van der Waals surface area (Å²) in [7, 11) is 1.60. The number of piperazine rings is 1. The van der Waals surface area contributed by atoms with Crippen LogP contribution in [0.15, 0.2) is 5.38 Å². The highest BCUT2D eigenvalue weighted by Gasteiger charge is 2.23. The monoisotopic (exact) mass is 420 g/mol. The molecule has 0 aromatic carbocycles. The van der Waals surface area contributed by atoms with Crippen LogP contribution in [-0.4, -0.2) is 66.6 Å². The van der Waals surface area contributed by atoms with E-state index in [1.54, 1.807) is 18.4 Å². The molecule has 1 fully saturated rings. The van der Waals surface area contributed by atoms with Crippen molar-refractivity contribution in [1.29, 1.82) is 0 Å². The van der Waals surface area contributed by atoms with Gasteiger partial charge in [0.2, 0.25) is 5.91 Å². The van der Waals surface area contributed by atoms with Gasteiger partial charge in [-0.15, -0.1) is 48.6 Å². The second-order valence-corrected chi connectivity index (χ2v) is 6.37. The first kappa shape index (κ1) is 26.1. The van der Waals surface area contributed by atoms with Crippen LogP contribution >= 0.6 is 48.6 Å². The quantitative estimate of drug-likeness (QED) is 0.757. The summed E-state index contributed by atoms with van der Waals surface area (Å²) < 4.78 is 5.17. The molecule has 6 nitrogen and oxygen atoms in total. The number of ether oxygens (including phenoxy) is 1. The molecule has 1 aliphatic rings. The van der Waals surface area contributed by atoms with Crippen LogP contribution in [0.3, 0.4) is 0 Å². The number of nitrogens with zero attached hydrogens (tertiary/aromatic N) is 3. The first-order chi connectivity index (χ1) is 10.1. The maximum atomic E-state index is 12.2. The third kappa shape index (κ3) is 7.82. The molecule has 24 heavy (non-hydrogen) atoms. The molecular weight excluding hydrogens is 395 g/mol. The summed E-state index contributed by atoms with van der Waals surface area (Å²) in [5.74, 6) is 0.136. The van der Waals surface area contributed by atoms with E-state index >= 15 is 0 Å². The number of carbonyl (C=O) groups is 1. The van der Waals surface area contributed by atoms with Crippen molar-refractivity contribution in [3.05, 3.63) is 16.1 Å². The van der Waals surface area contributed by atoms with E-state index in [1.807, 2.05) is 11.8 Å². The molecule has 142 valence electrons. The normalized spacial score (nSPS) is 15.7. The highest BCUT2D eigenvalue weighted by molar-refractivity contribution is 7.09. The SMILES string of the molecule is COC(CN)CC(=O)N1CCN(Cc2csc(C)n2)CC1.Cl.Cl.Cl. The van der Waals surface area contributed by atoms with Crippen molar-refractivity contribution in [3.8, 4) is 0 Å². The first-order valence-electron chi connectivity index (χ1n) is 7.26. The Bertz CT molecular complexity index is 467. The maximum absolute atomic E-state index is 12.2. The maximum Gasteiger partial charge on any atom is 0.225 e. The van der Waals surface area contributed by atoms with Gasteiger partial charge in [0.15, 0.2) is 0 Å². The van der Waals surface area contributed by atoms with E-state index in [2.05, 4.69) is 15.3 Å². The third-order valence-electron chi connectivity index (χ3n) is 3.78. The Labute approximate surface area is 166 Å². The summed E-state index contributed by atoms with van der Waals surface area (Å²) in [6.45, 7) is 6.59. The number of rotatable bonds is 6. The van der Waals surface area contributed by atoms with Crippen molar-refractivity contribution in [2.75, 3.05) is 39.8 Å². The van der Waals surface area contributed by atoms with E-state index in [0.717, 1.165) is 43.4 Å². The summed E-state index contributed by atoms with van der Waals surface area (Å²) in [4.78, 5) is 20.9. The fourth-order valence-electron chi connectivity index (χ4n) is 2.45. The molecule has 1 aliphatic heterocycles. The minimum Gasteiger partial charge on any atom is -0.380 e. The molecule has 1 aromatic rings. The molecule has 0 radical (unpaired) electrons. The molecule has 10 heteroatoms. The molecule has 2 N–H and O–H groups in total. The van der Waals surface area contributed by atoms with Crippen LogP contribution in [0.2, 0.25) is 0 Å². The van der Waals surface area contributed by atoms with Crippen LogP contribution in [0, 0.1) is 6.92 Å². The van der Waals surface area contributed by atoms with Gasteiger partial charge >= 0.3 is 0 Å². The second kappa shape index (κ2) is 13.1. The summed E-state index contributed by atoms with van der Waals surface area (Å²) in [6, 6.07) is 0. The lowest BCUT2D eigenvalue weighted by Crippen LogP contribution is -2.49. The largest absolute Gasteiger partial charge is 0.380 e. The third-order valence-corrected chi connectivity index (χ3v) is 4.60. The minimum absolute atomic E-state index is 0. The van der Waals surface area contributed by atoms with E-state index in [0.29, 0.717) is 13.0 Å². The van der Waals surface area contributed by atoms with Crippen LogP contribution in [0.4, 0.5) is 0 Å². The number of amides is 1. The number of thiazole rings is 1. The Balaban J connectivity index is 0. The fourth-order valence-corrected chi connectivity index (χ4v) is 3.06. The molecule has 1 atom stereocenters. The number of carbonyl (C=O) groups excluding carboxylic acids is 1. The van der Waals surface area contributed by atoms with Crippen molar-refractivity contribution >= 4 is 54.5 Å². The van der Waals surface area contributed by atoms with Crippen LogP contribution in [-0.2, 0) is 16.1 Å². The highest BCUT2D eigenvalue weighted by atomic mass is 35.5. The first-order valence-corrected chi connectivity index (χ1v) is 8.14. The number of aryl methyl sites for hydroxylation is 1. The lowest BCUT2D eigenvalue weighted by molar-refractivity contribution is -0.135. The summed E-state index contributed by atoms with van der Waals surface area (Å²) in [5, 5.41) is 3.21. The zero-order chi connectivity index (χ0) is 15.2. The lowest BCUT2D eigenvalue weighted by Gasteiger charge is -2.35. The Kier molecular flexibility index (Phi) is 14.2. The molecule has 1 amide bonds. The molecule has 2 rings (SSSR count). The predicted octanol–water partition coefficient (Wildman–Crippen LogP) is 1.72. The summed E-state index contributed by atoms with van der Waals surface area (Å²) >= 11 is 1.68. The number of nitrogens with two attached hydrogens (primary N) is 1. The van der Waals surface area contributed by atoms with E-state index in [1.165, 1.54) is 0 Å². The highest BCUT2D eigenvalue weighted by Crippen LogP contribution is 2.13. The molecule has 1 aromatic heterocycles. The van der Waals surface area contributed by atoms with Crippen LogP contribution in [0.5, 0.6) is 0 Å². The molecule has 2 heterocycles. The summed E-state index contributed by atoms with van der Waals surface area (Å²) in [5.41, 5.74) is 6.69. The van der Waals surface area contributed by atoms with Gasteiger partial charge in [-0.2, -0.15) is 0 Å². The van der Waals surface area contributed by atoms with Gasteiger partial charge in [-0.3, -0.25) is 9.69 Å². The predicted molar refractivity (Wildman–Crippen MR) is 105 cm³/mol. The van der Waals surface area contributed by atoms with Gasteiger partial charge in [-0.1, -0.05) is 0 Å². The molecule has 1 saturated heterocycles. The van der Waals surface area contributed by atoms with Crippen molar-refractivity contribution in [2.45, 2.75) is 26.0 Å². The van der Waals surface area contributed by atoms with Gasteiger partial charge in [0.1, 0.15) is 0 Å². The molecule has 0 aliphatic carbocycles. The Morgan fingerprint density at radius 3 is 2.42 bits per heavy atom. The van der Waals surface area contributed by atoms with Gasteiger partial charge in [-0.05, 0) is 6.92 Å². The second-order valence-electron chi connectivity index (χ2n) is 5.31. The molecular formula is C14H27Cl3N4O2S. The molecule has 0 bridgehead atoms. The fraction of sp³-hybridized carbons (Fsp3) is 0.714. The van der Waals surface area contributed by atoms with E-state index < -0.39 is 0 Å². The van der Waals surface area contributed by atoms with Crippen molar-refractivity contribution < 1.29 is 9.53 Å². The number of hydrogen-bond acceptors (Lipinski definition) is 6. The van der Waals surface area contributed by atoms with Crippen LogP contribution < -0.4 is 5.73 Å². The Morgan fingerprint density at radius 1 is 1.33 bits per heavy atom. The molecule has 1 unspecified atom stereocenters. The smallest absolute Gasteiger partial charge is 0.225 e.